The summed E-state index contributed by atoms with van der Waals surface area (Å²) in [4.78, 5) is 39.3. The van der Waals surface area contributed by atoms with Gasteiger partial charge in [-0.2, -0.15) is 0 Å². The third kappa shape index (κ3) is 4.12. The molecule has 1 aliphatic carbocycles. The predicted molar refractivity (Wildman–Crippen MR) is 129 cm³/mol. The molecular weight excluding hydrogens is 452 g/mol. The normalized spacial score (nSPS) is 16.8. The van der Waals surface area contributed by atoms with Gasteiger partial charge in [0, 0.05) is 16.6 Å². The Morgan fingerprint density at radius 3 is 2.26 bits per heavy atom. The first-order valence-corrected chi connectivity index (χ1v) is 11.9. The molecule has 34 heavy (non-hydrogen) atoms. The second kappa shape index (κ2) is 9.23. The predicted octanol–water partition coefficient (Wildman–Crippen LogP) is 4.12. The summed E-state index contributed by atoms with van der Waals surface area (Å²) in [5.74, 6) is -1.43. The van der Waals surface area contributed by atoms with E-state index in [0.29, 0.717) is 5.69 Å². The molecule has 3 aromatic rings. The number of anilines is 1. The zero-order valence-corrected chi connectivity index (χ0v) is 19.0. The highest BCUT2D eigenvalue weighted by Crippen LogP contribution is 2.44. The van der Waals surface area contributed by atoms with Gasteiger partial charge in [0.25, 0.3) is 5.91 Å². The number of alkyl carbamates (subject to hydrolysis) is 1. The van der Waals surface area contributed by atoms with E-state index in [1.54, 1.807) is 12.1 Å². The first kappa shape index (κ1) is 22.0. The number of para-hydroxylation sites is 1. The SMILES string of the molecule is O=C(O)CN1C(=O)C(NC(=O)OCC2c3ccccc3-c3ccccc32)CSc2ccccc21. The molecule has 0 spiro atoms. The molecule has 1 heterocycles. The van der Waals surface area contributed by atoms with Crippen LogP contribution in [-0.4, -0.2) is 48.0 Å². The number of carbonyl (C=O) groups excluding carboxylic acids is 2. The smallest absolute Gasteiger partial charge is 0.407 e. The highest BCUT2D eigenvalue weighted by atomic mass is 32.2. The highest BCUT2D eigenvalue weighted by Gasteiger charge is 2.34. The quantitative estimate of drug-likeness (QED) is 0.578. The van der Waals surface area contributed by atoms with Gasteiger partial charge >= 0.3 is 12.1 Å². The second-order valence-corrected chi connectivity index (χ2v) is 9.18. The number of carboxylic acids is 1. The molecule has 2 amide bonds. The maximum Gasteiger partial charge on any atom is 0.407 e. The van der Waals surface area contributed by atoms with Gasteiger partial charge < -0.3 is 15.2 Å². The number of nitrogens with one attached hydrogen (secondary N) is 1. The van der Waals surface area contributed by atoms with Crippen molar-refractivity contribution in [2.45, 2.75) is 16.9 Å². The van der Waals surface area contributed by atoms with Crippen LogP contribution in [0.1, 0.15) is 17.0 Å². The van der Waals surface area contributed by atoms with E-state index in [9.17, 15) is 19.5 Å². The van der Waals surface area contributed by atoms with E-state index in [0.717, 1.165) is 27.1 Å². The number of rotatable bonds is 5. The summed E-state index contributed by atoms with van der Waals surface area (Å²) in [6, 6.07) is 22.3. The summed E-state index contributed by atoms with van der Waals surface area (Å²) in [6.07, 6.45) is -0.706. The highest BCUT2D eigenvalue weighted by molar-refractivity contribution is 7.99. The number of fused-ring (bicyclic) bond motifs is 4. The number of nitrogens with zero attached hydrogens (tertiary/aromatic N) is 1. The van der Waals surface area contributed by atoms with E-state index in [4.69, 9.17) is 4.74 Å². The third-order valence-corrected chi connectivity index (χ3v) is 7.21. The Labute approximate surface area is 200 Å². The van der Waals surface area contributed by atoms with E-state index >= 15 is 0 Å². The maximum atomic E-state index is 13.1. The van der Waals surface area contributed by atoms with Crippen LogP contribution >= 0.6 is 11.8 Å². The monoisotopic (exact) mass is 474 g/mol. The zero-order valence-electron chi connectivity index (χ0n) is 18.1. The van der Waals surface area contributed by atoms with E-state index < -0.39 is 30.6 Å². The second-order valence-electron chi connectivity index (χ2n) is 8.12. The minimum Gasteiger partial charge on any atom is -0.480 e. The van der Waals surface area contributed by atoms with E-state index in [1.807, 2.05) is 48.5 Å². The van der Waals surface area contributed by atoms with Crippen molar-refractivity contribution < 1.29 is 24.2 Å². The first-order valence-electron chi connectivity index (χ1n) is 10.9. The lowest BCUT2D eigenvalue weighted by Crippen LogP contribution is -2.50. The molecule has 2 aliphatic rings. The van der Waals surface area contributed by atoms with Crippen molar-refractivity contribution in [2.24, 2.45) is 0 Å². The lowest BCUT2D eigenvalue weighted by molar-refractivity contribution is -0.136. The molecule has 5 rings (SSSR count). The lowest BCUT2D eigenvalue weighted by Gasteiger charge is -2.24. The first-order chi connectivity index (χ1) is 16.5. The van der Waals surface area contributed by atoms with Gasteiger partial charge in [0.05, 0.1) is 5.69 Å². The minimum absolute atomic E-state index is 0.0925. The Hall–Kier alpha value is -3.78. The van der Waals surface area contributed by atoms with Crippen LogP contribution in [0.25, 0.3) is 11.1 Å². The van der Waals surface area contributed by atoms with Crippen molar-refractivity contribution in [2.75, 3.05) is 23.8 Å². The van der Waals surface area contributed by atoms with Crippen LogP contribution < -0.4 is 10.2 Å². The van der Waals surface area contributed by atoms with Gasteiger partial charge in [-0.25, -0.2) is 4.79 Å². The molecule has 3 aromatic carbocycles. The van der Waals surface area contributed by atoms with Crippen molar-refractivity contribution in [1.29, 1.82) is 0 Å². The van der Waals surface area contributed by atoms with Crippen LogP contribution in [0.4, 0.5) is 10.5 Å². The van der Waals surface area contributed by atoms with Gasteiger partial charge in [0.2, 0.25) is 0 Å². The van der Waals surface area contributed by atoms with Crippen molar-refractivity contribution in [3.05, 3.63) is 83.9 Å². The summed E-state index contributed by atoms with van der Waals surface area (Å²) in [5, 5.41) is 12.0. The number of thioether (sulfide) groups is 1. The van der Waals surface area contributed by atoms with Crippen molar-refractivity contribution in [3.63, 3.8) is 0 Å². The molecule has 0 radical (unpaired) electrons. The Balaban J connectivity index is 1.30. The topological polar surface area (TPSA) is 95.9 Å². The molecule has 172 valence electrons. The minimum atomic E-state index is -1.13. The fourth-order valence-electron chi connectivity index (χ4n) is 4.54. The van der Waals surface area contributed by atoms with E-state index in [-0.39, 0.29) is 18.3 Å². The van der Waals surface area contributed by atoms with Gasteiger partial charge in [-0.1, -0.05) is 60.7 Å². The molecule has 0 saturated heterocycles. The Bertz CT molecular complexity index is 1230. The molecule has 1 atom stereocenters. The Morgan fingerprint density at radius 2 is 1.59 bits per heavy atom. The summed E-state index contributed by atoms with van der Waals surface area (Å²) in [5.41, 5.74) is 4.98. The average Bonchev–Trinajstić information content (AvgIpc) is 3.10. The molecule has 0 fully saturated rings. The number of amides is 2. The molecule has 1 aliphatic heterocycles. The van der Waals surface area contributed by atoms with Crippen LogP contribution in [0.3, 0.4) is 0 Å². The molecular formula is C26H22N2O5S. The number of ether oxygens (including phenoxy) is 1. The summed E-state index contributed by atoms with van der Waals surface area (Å²) in [6.45, 7) is -0.355. The third-order valence-electron chi connectivity index (χ3n) is 6.05. The zero-order chi connectivity index (χ0) is 23.7. The largest absolute Gasteiger partial charge is 0.480 e. The number of carbonyl (C=O) groups is 3. The van der Waals surface area contributed by atoms with Crippen LogP contribution in [0.2, 0.25) is 0 Å². The number of benzene rings is 3. The molecule has 0 bridgehead atoms. The van der Waals surface area contributed by atoms with Crippen LogP contribution in [0.5, 0.6) is 0 Å². The fourth-order valence-corrected chi connectivity index (χ4v) is 5.61. The van der Waals surface area contributed by atoms with Crippen LogP contribution in [-0.2, 0) is 14.3 Å². The van der Waals surface area contributed by atoms with Gasteiger partial charge in [0.1, 0.15) is 19.2 Å². The van der Waals surface area contributed by atoms with Crippen molar-refractivity contribution in [3.8, 4) is 11.1 Å². The number of aliphatic carboxylic acids is 1. The molecule has 0 saturated carbocycles. The summed E-state index contributed by atoms with van der Waals surface area (Å²) < 4.78 is 5.58. The van der Waals surface area contributed by atoms with Crippen LogP contribution in [0, 0.1) is 0 Å². The Morgan fingerprint density at radius 1 is 0.971 bits per heavy atom. The maximum absolute atomic E-state index is 13.1. The molecule has 7 nitrogen and oxygen atoms in total. The summed E-state index contributed by atoms with van der Waals surface area (Å²) >= 11 is 1.39. The Kier molecular flexibility index (Phi) is 5.98. The van der Waals surface area contributed by atoms with Crippen molar-refractivity contribution in [1.82, 2.24) is 5.32 Å². The average molecular weight is 475 g/mol. The molecule has 0 aromatic heterocycles. The van der Waals surface area contributed by atoms with Gasteiger partial charge in [0.15, 0.2) is 0 Å². The van der Waals surface area contributed by atoms with E-state index in [1.165, 1.54) is 16.7 Å². The summed E-state index contributed by atoms with van der Waals surface area (Å²) in [7, 11) is 0. The van der Waals surface area contributed by atoms with E-state index in [2.05, 4.69) is 17.4 Å². The molecule has 1 unspecified atom stereocenters. The van der Waals surface area contributed by atoms with Crippen molar-refractivity contribution >= 4 is 35.4 Å². The van der Waals surface area contributed by atoms with Gasteiger partial charge in [-0.3, -0.25) is 14.5 Å². The fraction of sp³-hybridized carbons (Fsp3) is 0.192. The number of hydrogen-bond acceptors (Lipinski definition) is 5. The lowest BCUT2D eigenvalue weighted by atomic mass is 9.98. The van der Waals surface area contributed by atoms with Crippen LogP contribution in [0.15, 0.2) is 77.7 Å². The molecule has 2 N–H and O–H groups in total. The number of carboxylic acid groups (broad SMARTS) is 1. The van der Waals surface area contributed by atoms with Gasteiger partial charge in [-0.05, 0) is 34.4 Å². The molecule has 8 heteroatoms. The number of hydrogen-bond donors (Lipinski definition) is 2. The standard InChI is InChI=1S/C26H22N2O5S/c29-24(30)13-28-22-11-5-6-12-23(22)34-15-21(25(28)31)27-26(32)33-14-20-18-9-3-1-7-16(18)17-8-2-4-10-19(17)20/h1-12,20-21H,13-15H2,(H,27,32)(H,29,30). The van der Waals surface area contributed by atoms with Gasteiger partial charge in [-0.15, -0.1) is 11.8 Å².